The third kappa shape index (κ3) is 5.29. The summed E-state index contributed by atoms with van der Waals surface area (Å²) in [5, 5.41) is 3.82. The summed E-state index contributed by atoms with van der Waals surface area (Å²) < 4.78 is 23.5. The van der Waals surface area contributed by atoms with Gasteiger partial charge in [0, 0.05) is 23.2 Å². The van der Waals surface area contributed by atoms with Gasteiger partial charge >= 0.3 is 5.63 Å². The predicted octanol–water partition coefficient (Wildman–Crippen LogP) is 3.03. The molecule has 0 aliphatic carbocycles. The minimum absolute atomic E-state index is 0.127. The van der Waals surface area contributed by atoms with E-state index in [1.165, 1.54) is 30.3 Å². The predicted molar refractivity (Wildman–Crippen MR) is 111 cm³/mol. The Morgan fingerprint density at radius 1 is 1.14 bits per heavy atom. The smallest absolute Gasteiger partial charge is 0.336 e. The number of aryl methyl sites for hydroxylation is 1. The Morgan fingerprint density at radius 3 is 2.59 bits per heavy atom. The molecule has 2 aromatic carbocycles. The van der Waals surface area contributed by atoms with Gasteiger partial charge in [0.25, 0.3) is 5.91 Å². The summed E-state index contributed by atoms with van der Waals surface area (Å²) >= 11 is 5.15. The number of carbonyl (C=O) groups excluding carboxylic acids is 1. The van der Waals surface area contributed by atoms with E-state index < -0.39 is 23.5 Å². The van der Waals surface area contributed by atoms with Crippen molar-refractivity contribution >= 4 is 39.9 Å². The largest absolute Gasteiger partial charge is 0.481 e. The molecule has 0 aliphatic rings. The van der Waals surface area contributed by atoms with Crippen LogP contribution in [0.3, 0.4) is 0 Å². The number of thiocarbonyl (C=S) groups is 1. The first-order valence-electron chi connectivity index (χ1n) is 8.65. The molecule has 0 spiro atoms. The normalized spacial score (nSPS) is 11.6. The highest BCUT2D eigenvalue weighted by Crippen LogP contribution is 2.20. The van der Waals surface area contributed by atoms with Crippen LogP contribution in [0.1, 0.15) is 12.5 Å². The Morgan fingerprint density at radius 2 is 1.86 bits per heavy atom. The number of rotatable bonds is 4. The van der Waals surface area contributed by atoms with Gasteiger partial charge in [-0.1, -0.05) is 0 Å². The van der Waals surface area contributed by atoms with Crippen LogP contribution in [0.2, 0.25) is 0 Å². The van der Waals surface area contributed by atoms with Crippen LogP contribution in [0.25, 0.3) is 11.0 Å². The first kappa shape index (κ1) is 20.3. The van der Waals surface area contributed by atoms with Crippen molar-refractivity contribution in [2.75, 3.05) is 5.32 Å². The van der Waals surface area contributed by atoms with Gasteiger partial charge in [0.2, 0.25) is 0 Å². The molecule has 3 N–H and O–H groups in total. The van der Waals surface area contributed by atoms with Gasteiger partial charge < -0.3 is 14.5 Å². The fraction of sp³-hybridized carbons (Fsp3) is 0.150. The average molecular weight is 415 g/mol. The Kier molecular flexibility index (Phi) is 6.08. The van der Waals surface area contributed by atoms with Gasteiger partial charge in [-0.25, -0.2) is 9.18 Å². The zero-order chi connectivity index (χ0) is 21.0. The SMILES string of the molecule is Cc1cc(=O)oc2cc(NC(=S)NNC(=O)[C@@H](C)Oc3ccc(F)cc3)ccc12. The van der Waals surface area contributed by atoms with E-state index in [1.807, 2.05) is 6.92 Å². The van der Waals surface area contributed by atoms with Crippen molar-refractivity contribution in [2.45, 2.75) is 20.0 Å². The molecule has 3 aromatic rings. The van der Waals surface area contributed by atoms with Gasteiger partial charge in [0.05, 0.1) is 0 Å². The number of hydrogen-bond acceptors (Lipinski definition) is 5. The van der Waals surface area contributed by atoms with Crippen LogP contribution in [0.4, 0.5) is 10.1 Å². The number of hydrogen-bond donors (Lipinski definition) is 3. The van der Waals surface area contributed by atoms with Crippen molar-refractivity contribution < 1.29 is 18.3 Å². The van der Waals surface area contributed by atoms with Crippen molar-refractivity contribution in [3.63, 3.8) is 0 Å². The minimum atomic E-state index is -0.839. The number of anilines is 1. The molecule has 0 saturated heterocycles. The van der Waals surface area contributed by atoms with E-state index in [2.05, 4.69) is 16.2 Å². The number of amides is 1. The fourth-order valence-corrected chi connectivity index (χ4v) is 2.72. The van der Waals surface area contributed by atoms with E-state index in [4.69, 9.17) is 21.4 Å². The summed E-state index contributed by atoms with van der Waals surface area (Å²) in [6.45, 7) is 3.37. The van der Waals surface area contributed by atoms with Gasteiger partial charge in [-0.05, 0) is 68.0 Å². The van der Waals surface area contributed by atoms with Crippen molar-refractivity contribution in [3.05, 3.63) is 70.3 Å². The average Bonchev–Trinajstić information content (AvgIpc) is 2.67. The van der Waals surface area contributed by atoms with Crippen molar-refractivity contribution in [3.8, 4) is 5.75 Å². The third-order valence-corrected chi connectivity index (χ3v) is 4.21. The molecule has 29 heavy (non-hydrogen) atoms. The number of carbonyl (C=O) groups is 1. The topological polar surface area (TPSA) is 92.6 Å². The number of fused-ring (bicyclic) bond motifs is 1. The lowest BCUT2D eigenvalue weighted by Gasteiger charge is -2.16. The molecule has 0 radical (unpaired) electrons. The maximum absolute atomic E-state index is 12.9. The van der Waals surface area contributed by atoms with E-state index >= 15 is 0 Å². The zero-order valence-electron chi connectivity index (χ0n) is 15.6. The zero-order valence-corrected chi connectivity index (χ0v) is 16.4. The van der Waals surface area contributed by atoms with Crippen LogP contribution in [0.5, 0.6) is 5.75 Å². The van der Waals surface area contributed by atoms with Crippen LogP contribution >= 0.6 is 12.2 Å². The van der Waals surface area contributed by atoms with Gasteiger partial charge in [-0.2, -0.15) is 0 Å². The third-order valence-electron chi connectivity index (χ3n) is 4.00. The highest BCUT2D eigenvalue weighted by Gasteiger charge is 2.15. The first-order valence-corrected chi connectivity index (χ1v) is 9.06. The highest BCUT2D eigenvalue weighted by atomic mass is 32.1. The lowest BCUT2D eigenvalue weighted by atomic mass is 10.1. The van der Waals surface area contributed by atoms with Gasteiger partial charge in [-0.15, -0.1) is 0 Å². The number of halogens is 1. The molecule has 3 rings (SSSR count). The Bertz CT molecular complexity index is 1110. The molecule has 0 unspecified atom stereocenters. The lowest BCUT2D eigenvalue weighted by Crippen LogP contribution is -2.48. The number of benzene rings is 2. The molecule has 0 bridgehead atoms. The summed E-state index contributed by atoms with van der Waals surface area (Å²) in [4.78, 5) is 23.6. The Balaban J connectivity index is 1.55. The molecule has 1 heterocycles. The van der Waals surface area contributed by atoms with E-state index in [0.29, 0.717) is 17.0 Å². The number of hydrazine groups is 1. The standard InChI is InChI=1S/C20H18FN3O4S/c1-11-9-18(25)28-17-10-14(5-8-16(11)17)22-20(29)24-23-19(26)12(2)27-15-6-3-13(21)4-7-15/h3-10,12H,1-2H3,(H,23,26)(H2,22,24,29)/t12-/m1/s1. The van der Waals surface area contributed by atoms with Crippen molar-refractivity contribution in [1.82, 2.24) is 10.9 Å². The summed E-state index contributed by atoms with van der Waals surface area (Å²) in [6.07, 6.45) is -0.839. The van der Waals surface area contributed by atoms with Gasteiger partial charge in [0.1, 0.15) is 17.1 Å². The molecule has 1 aromatic heterocycles. The molecule has 7 nitrogen and oxygen atoms in total. The maximum atomic E-state index is 12.9. The Hall–Kier alpha value is -3.46. The molecule has 0 fully saturated rings. The quantitative estimate of drug-likeness (QED) is 0.343. The van der Waals surface area contributed by atoms with E-state index in [1.54, 1.807) is 25.1 Å². The van der Waals surface area contributed by atoms with Crippen LogP contribution in [0.15, 0.2) is 57.7 Å². The number of ether oxygens (including phenoxy) is 1. The van der Waals surface area contributed by atoms with E-state index in [-0.39, 0.29) is 5.11 Å². The van der Waals surface area contributed by atoms with E-state index in [0.717, 1.165) is 10.9 Å². The summed E-state index contributed by atoms with van der Waals surface area (Å²) in [7, 11) is 0. The van der Waals surface area contributed by atoms with Crippen molar-refractivity contribution in [2.24, 2.45) is 0 Å². The second kappa shape index (κ2) is 8.70. The molecular formula is C20H18FN3O4S. The van der Waals surface area contributed by atoms with Gasteiger partial charge in [-0.3, -0.25) is 15.6 Å². The highest BCUT2D eigenvalue weighted by molar-refractivity contribution is 7.80. The summed E-state index contributed by atoms with van der Waals surface area (Å²) in [5.41, 5.74) is 6.37. The van der Waals surface area contributed by atoms with E-state index in [9.17, 15) is 14.0 Å². The molecule has 1 amide bonds. The second-order valence-corrected chi connectivity index (χ2v) is 6.65. The molecule has 1 atom stereocenters. The van der Waals surface area contributed by atoms with Crippen LogP contribution in [-0.2, 0) is 4.79 Å². The minimum Gasteiger partial charge on any atom is -0.481 e. The first-order chi connectivity index (χ1) is 13.8. The van der Waals surface area contributed by atoms with Crippen LogP contribution in [0, 0.1) is 12.7 Å². The Labute approximate surface area is 170 Å². The summed E-state index contributed by atoms with van der Waals surface area (Å²) in [6, 6.07) is 12.0. The maximum Gasteiger partial charge on any atom is 0.336 e. The monoisotopic (exact) mass is 415 g/mol. The molecule has 9 heteroatoms. The molecule has 0 saturated carbocycles. The second-order valence-electron chi connectivity index (χ2n) is 6.24. The van der Waals surface area contributed by atoms with Gasteiger partial charge in [0.15, 0.2) is 11.2 Å². The molecule has 0 aliphatic heterocycles. The fourth-order valence-electron chi connectivity index (χ4n) is 2.56. The van der Waals surface area contributed by atoms with Crippen LogP contribution < -0.4 is 26.5 Å². The van der Waals surface area contributed by atoms with Crippen LogP contribution in [-0.4, -0.2) is 17.1 Å². The van der Waals surface area contributed by atoms with Crippen molar-refractivity contribution in [1.29, 1.82) is 0 Å². The lowest BCUT2D eigenvalue weighted by molar-refractivity contribution is -0.127. The summed E-state index contributed by atoms with van der Waals surface area (Å²) in [5.74, 6) is -0.503. The molecular weight excluding hydrogens is 397 g/mol. The number of nitrogens with one attached hydrogen (secondary N) is 3. The molecule has 150 valence electrons.